The summed E-state index contributed by atoms with van der Waals surface area (Å²) in [4.78, 5) is 0. The number of ether oxygens (including phenoxy) is 2. The predicted molar refractivity (Wildman–Crippen MR) is 36.4 cm³/mol. The highest BCUT2D eigenvalue weighted by atomic mass is 16.8. The van der Waals surface area contributed by atoms with Crippen molar-refractivity contribution in [3.63, 3.8) is 0 Å². The number of aliphatic hydroxyl groups excluding tert-OH is 1. The molecule has 0 aromatic rings. The van der Waals surface area contributed by atoms with Gasteiger partial charge in [-0.15, -0.1) is 0 Å². The van der Waals surface area contributed by atoms with Crippen LogP contribution in [-0.4, -0.2) is 23.8 Å². The highest BCUT2D eigenvalue weighted by Gasteiger charge is 2.30. The lowest BCUT2D eigenvalue weighted by Crippen LogP contribution is -2.40. The van der Waals surface area contributed by atoms with Gasteiger partial charge in [0.1, 0.15) is 0 Å². The maximum absolute atomic E-state index is 8.93. The van der Waals surface area contributed by atoms with Crippen LogP contribution in [0.5, 0.6) is 0 Å². The van der Waals surface area contributed by atoms with Crippen molar-refractivity contribution in [2.24, 2.45) is 0 Å². The summed E-state index contributed by atoms with van der Waals surface area (Å²) >= 11 is 0. The lowest BCUT2D eigenvalue weighted by Gasteiger charge is -2.35. The lowest BCUT2D eigenvalue weighted by atomic mass is 9.99. The minimum Gasteiger partial charge on any atom is -0.346 e. The molecule has 2 unspecified atom stereocenters. The van der Waals surface area contributed by atoms with Crippen molar-refractivity contribution >= 4 is 0 Å². The molecule has 2 atom stereocenters. The first-order valence-corrected chi connectivity index (χ1v) is 3.64. The second-order valence-electron chi connectivity index (χ2n) is 2.85. The molecule has 60 valence electrons. The quantitative estimate of drug-likeness (QED) is 0.596. The summed E-state index contributed by atoms with van der Waals surface area (Å²) in [5.41, 5.74) is -0.183. The van der Waals surface area contributed by atoms with Gasteiger partial charge in [-0.1, -0.05) is 6.92 Å². The van der Waals surface area contributed by atoms with Crippen LogP contribution in [0.15, 0.2) is 0 Å². The average molecular weight is 146 g/mol. The third-order valence-corrected chi connectivity index (χ3v) is 2.02. The van der Waals surface area contributed by atoms with Gasteiger partial charge >= 0.3 is 0 Å². The Balaban J connectivity index is 2.45. The maximum Gasteiger partial charge on any atom is 0.269 e. The zero-order chi connectivity index (χ0) is 7.61. The van der Waals surface area contributed by atoms with Gasteiger partial charge in [-0.05, 0) is 19.8 Å². The standard InChI is InChI=1S/C7H14O3/c1-3-7(2)4-5-9-6(8)10-7/h6,8H,3-5H2,1-2H3. The molecule has 1 N–H and O–H groups in total. The van der Waals surface area contributed by atoms with Crippen molar-refractivity contribution < 1.29 is 14.6 Å². The summed E-state index contributed by atoms with van der Waals surface area (Å²) in [6, 6.07) is 0. The molecule has 1 aliphatic rings. The molecular formula is C7H14O3. The van der Waals surface area contributed by atoms with Crippen LogP contribution >= 0.6 is 0 Å². The molecule has 1 saturated heterocycles. The van der Waals surface area contributed by atoms with Crippen LogP contribution in [0.3, 0.4) is 0 Å². The van der Waals surface area contributed by atoms with E-state index in [1.807, 2.05) is 13.8 Å². The molecular weight excluding hydrogens is 132 g/mol. The second-order valence-corrected chi connectivity index (χ2v) is 2.85. The fraction of sp³-hybridized carbons (Fsp3) is 1.00. The first-order chi connectivity index (χ1) is 4.66. The Morgan fingerprint density at radius 2 is 2.40 bits per heavy atom. The second kappa shape index (κ2) is 2.86. The van der Waals surface area contributed by atoms with Crippen molar-refractivity contribution in [3.8, 4) is 0 Å². The van der Waals surface area contributed by atoms with Gasteiger partial charge in [0.05, 0.1) is 12.2 Å². The van der Waals surface area contributed by atoms with E-state index in [1.54, 1.807) is 0 Å². The van der Waals surface area contributed by atoms with Crippen LogP contribution in [-0.2, 0) is 9.47 Å². The molecule has 10 heavy (non-hydrogen) atoms. The van der Waals surface area contributed by atoms with Crippen LogP contribution in [0.2, 0.25) is 0 Å². The Morgan fingerprint density at radius 1 is 1.70 bits per heavy atom. The number of aliphatic hydroxyl groups is 1. The fourth-order valence-electron chi connectivity index (χ4n) is 0.972. The van der Waals surface area contributed by atoms with Gasteiger partial charge in [-0.25, -0.2) is 0 Å². The van der Waals surface area contributed by atoms with E-state index in [-0.39, 0.29) is 5.60 Å². The molecule has 1 heterocycles. The topological polar surface area (TPSA) is 38.7 Å². The summed E-state index contributed by atoms with van der Waals surface area (Å²) in [6.45, 7) is 3.60. The van der Waals surface area contributed by atoms with Crippen LogP contribution < -0.4 is 0 Å². The molecule has 0 aromatic heterocycles. The Morgan fingerprint density at radius 3 is 2.80 bits per heavy atom. The van der Waals surface area contributed by atoms with E-state index in [0.29, 0.717) is 6.61 Å². The molecule has 0 aliphatic carbocycles. The summed E-state index contributed by atoms with van der Waals surface area (Å²) < 4.78 is 9.96. The van der Waals surface area contributed by atoms with E-state index in [2.05, 4.69) is 0 Å². The Kier molecular flexibility index (Phi) is 2.28. The molecule has 1 rings (SSSR count). The lowest BCUT2D eigenvalue weighted by molar-refractivity contribution is -0.338. The van der Waals surface area contributed by atoms with Crippen LogP contribution in [0.1, 0.15) is 26.7 Å². The summed E-state index contributed by atoms with van der Waals surface area (Å²) in [7, 11) is 0. The van der Waals surface area contributed by atoms with E-state index in [1.165, 1.54) is 0 Å². The minimum absolute atomic E-state index is 0.183. The zero-order valence-corrected chi connectivity index (χ0v) is 6.46. The van der Waals surface area contributed by atoms with Gasteiger partial charge in [0.2, 0.25) is 0 Å². The monoisotopic (exact) mass is 146 g/mol. The van der Waals surface area contributed by atoms with Gasteiger partial charge in [-0.3, -0.25) is 0 Å². The van der Waals surface area contributed by atoms with Crippen molar-refractivity contribution in [2.45, 2.75) is 38.8 Å². The van der Waals surface area contributed by atoms with Gasteiger partial charge in [-0.2, -0.15) is 0 Å². The molecule has 3 nitrogen and oxygen atoms in total. The summed E-state index contributed by atoms with van der Waals surface area (Å²) in [5, 5.41) is 8.93. The van der Waals surface area contributed by atoms with Crippen molar-refractivity contribution in [1.29, 1.82) is 0 Å². The highest BCUT2D eigenvalue weighted by molar-refractivity contribution is 4.74. The zero-order valence-electron chi connectivity index (χ0n) is 6.46. The fourth-order valence-corrected chi connectivity index (χ4v) is 0.972. The normalized spacial score (nSPS) is 41.7. The van der Waals surface area contributed by atoms with Crippen LogP contribution in [0.25, 0.3) is 0 Å². The molecule has 0 spiro atoms. The third kappa shape index (κ3) is 1.68. The number of hydrogen-bond acceptors (Lipinski definition) is 3. The Labute approximate surface area is 60.9 Å². The first kappa shape index (κ1) is 7.98. The van der Waals surface area contributed by atoms with Gasteiger partial charge < -0.3 is 14.6 Å². The summed E-state index contributed by atoms with van der Waals surface area (Å²) in [5.74, 6) is 0. The minimum atomic E-state index is -1.02. The molecule has 0 radical (unpaired) electrons. The molecule has 3 heteroatoms. The molecule has 1 aliphatic heterocycles. The van der Waals surface area contributed by atoms with Crippen LogP contribution in [0, 0.1) is 0 Å². The molecule has 0 saturated carbocycles. The van der Waals surface area contributed by atoms with Crippen molar-refractivity contribution in [2.75, 3.05) is 6.61 Å². The van der Waals surface area contributed by atoms with Gasteiger partial charge in [0.25, 0.3) is 6.48 Å². The maximum atomic E-state index is 8.93. The van der Waals surface area contributed by atoms with E-state index >= 15 is 0 Å². The van der Waals surface area contributed by atoms with E-state index < -0.39 is 6.48 Å². The predicted octanol–water partition coefficient (Wildman–Crippen LogP) is 0.868. The van der Waals surface area contributed by atoms with E-state index in [4.69, 9.17) is 14.6 Å². The molecule has 1 fully saturated rings. The molecule has 0 aromatic carbocycles. The van der Waals surface area contributed by atoms with Crippen molar-refractivity contribution in [3.05, 3.63) is 0 Å². The van der Waals surface area contributed by atoms with Gasteiger partial charge in [0.15, 0.2) is 0 Å². The number of rotatable bonds is 1. The third-order valence-electron chi connectivity index (χ3n) is 2.02. The van der Waals surface area contributed by atoms with E-state index in [9.17, 15) is 0 Å². The van der Waals surface area contributed by atoms with Crippen LogP contribution in [0.4, 0.5) is 0 Å². The van der Waals surface area contributed by atoms with Gasteiger partial charge in [0, 0.05) is 0 Å². The van der Waals surface area contributed by atoms with Crippen molar-refractivity contribution in [1.82, 2.24) is 0 Å². The average Bonchev–Trinajstić information content (AvgIpc) is 1.88. The largest absolute Gasteiger partial charge is 0.346 e. The molecule has 0 amide bonds. The Hall–Kier alpha value is -0.120. The van der Waals surface area contributed by atoms with E-state index in [0.717, 1.165) is 12.8 Å². The SMILES string of the molecule is CCC1(C)CCOC(O)O1. The number of hydrogen-bond donors (Lipinski definition) is 1. The molecule has 0 bridgehead atoms. The first-order valence-electron chi connectivity index (χ1n) is 3.64. The smallest absolute Gasteiger partial charge is 0.269 e. The highest BCUT2D eigenvalue weighted by Crippen LogP contribution is 2.25. The summed E-state index contributed by atoms with van der Waals surface area (Å²) in [6.07, 6.45) is 1.77. The Bertz CT molecular complexity index is 115.